The molecule has 0 aliphatic heterocycles. The molecule has 2 aromatic rings. The van der Waals surface area contributed by atoms with E-state index in [1.807, 2.05) is 17.5 Å². The lowest BCUT2D eigenvalue weighted by molar-refractivity contribution is 1.08. The standard InChI is InChI=1S/C7H6N3/c1-6-7-9-3-5-10(7)4-2-8-6/h2,4-5H,1H3. The van der Waals surface area contributed by atoms with Gasteiger partial charge in [-0.1, -0.05) is 0 Å². The lowest BCUT2D eigenvalue weighted by Crippen LogP contribution is -1.88. The van der Waals surface area contributed by atoms with Gasteiger partial charge in [0.1, 0.15) is 6.20 Å². The normalized spacial score (nSPS) is 10.5. The fraction of sp³-hybridized carbons (Fsp3) is 0.143. The molecule has 0 aliphatic carbocycles. The summed E-state index contributed by atoms with van der Waals surface area (Å²) in [7, 11) is 0. The van der Waals surface area contributed by atoms with Crippen LogP contribution in [0.4, 0.5) is 0 Å². The van der Waals surface area contributed by atoms with Crippen molar-refractivity contribution in [3.63, 3.8) is 0 Å². The van der Waals surface area contributed by atoms with Crippen molar-refractivity contribution in [2.75, 3.05) is 0 Å². The first kappa shape index (κ1) is 5.41. The monoisotopic (exact) mass is 132 g/mol. The first-order valence-corrected chi connectivity index (χ1v) is 3.04. The van der Waals surface area contributed by atoms with Crippen molar-refractivity contribution in [1.29, 1.82) is 0 Å². The van der Waals surface area contributed by atoms with E-state index in [1.54, 1.807) is 12.4 Å². The van der Waals surface area contributed by atoms with Gasteiger partial charge in [0.25, 0.3) is 0 Å². The Morgan fingerprint density at radius 2 is 2.50 bits per heavy atom. The minimum Gasteiger partial charge on any atom is -0.303 e. The van der Waals surface area contributed by atoms with Crippen molar-refractivity contribution in [3.05, 3.63) is 30.5 Å². The molecule has 3 heteroatoms. The first-order chi connectivity index (χ1) is 4.88. The van der Waals surface area contributed by atoms with Crippen LogP contribution in [-0.2, 0) is 0 Å². The molecule has 0 N–H and O–H groups in total. The molecule has 0 fully saturated rings. The molecular formula is C7H6N3. The van der Waals surface area contributed by atoms with Gasteiger partial charge in [-0.05, 0) is 6.92 Å². The van der Waals surface area contributed by atoms with Crippen molar-refractivity contribution in [3.8, 4) is 0 Å². The van der Waals surface area contributed by atoms with E-state index in [4.69, 9.17) is 0 Å². The predicted octanol–water partition coefficient (Wildman–Crippen LogP) is 0.838. The van der Waals surface area contributed by atoms with E-state index in [0.29, 0.717) is 0 Å². The molecular weight excluding hydrogens is 126 g/mol. The zero-order chi connectivity index (χ0) is 6.97. The Morgan fingerprint density at radius 3 is 3.30 bits per heavy atom. The van der Waals surface area contributed by atoms with Crippen molar-refractivity contribution in [2.45, 2.75) is 6.92 Å². The average molecular weight is 132 g/mol. The highest BCUT2D eigenvalue weighted by molar-refractivity contribution is 5.41. The molecule has 0 atom stereocenters. The van der Waals surface area contributed by atoms with Gasteiger partial charge in [0.15, 0.2) is 5.65 Å². The Bertz CT molecular complexity index is 350. The fourth-order valence-electron chi connectivity index (χ4n) is 0.927. The number of aromatic nitrogens is 3. The molecule has 0 spiro atoms. The first-order valence-electron chi connectivity index (χ1n) is 3.04. The summed E-state index contributed by atoms with van der Waals surface area (Å²) in [6, 6.07) is 0. The molecule has 1 radical (unpaired) electrons. The SMILES string of the molecule is Cc1nccn2c[c]nc12. The predicted molar refractivity (Wildman–Crippen MR) is 36.6 cm³/mol. The van der Waals surface area contributed by atoms with Crippen LogP contribution in [-0.4, -0.2) is 14.4 Å². The van der Waals surface area contributed by atoms with Gasteiger partial charge >= 0.3 is 0 Å². The van der Waals surface area contributed by atoms with E-state index in [0.717, 1.165) is 11.3 Å². The molecule has 3 nitrogen and oxygen atoms in total. The van der Waals surface area contributed by atoms with Crippen LogP contribution in [0.25, 0.3) is 5.65 Å². The number of hydrogen-bond acceptors (Lipinski definition) is 2. The van der Waals surface area contributed by atoms with Gasteiger partial charge in [-0.25, -0.2) is 4.98 Å². The maximum Gasteiger partial charge on any atom is 0.159 e. The zero-order valence-electron chi connectivity index (χ0n) is 5.57. The minimum atomic E-state index is 0.877. The lowest BCUT2D eigenvalue weighted by Gasteiger charge is -1.93. The molecule has 0 aromatic carbocycles. The van der Waals surface area contributed by atoms with Crippen LogP contribution >= 0.6 is 0 Å². The number of imidazole rings is 1. The Morgan fingerprint density at radius 1 is 1.60 bits per heavy atom. The number of rotatable bonds is 0. The third-order valence-corrected chi connectivity index (χ3v) is 1.43. The number of nitrogens with zero attached hydrogens (tertiary/aromatic N) is 3. The van der Waals surface area contributed by atoms with Gasteiger partial charge in [0, 0.05) is 18.6 Å². The van der Waals surface area contributed by atoms with Gasteiger partial charge in [0.2, 0.25) is 0 Å². The van der Waals surface area contributed by atoms with Gasteiger partial charge in [0.05, 0.1) is 5.69 Å². The Kier molecular flexibility index (Phi) is 0.974. The molecule has 2 rings (SSSR count). The Hall–Kier alpha value is -1.38. The van der Waals surface area contributed by atoms with Crippen LogP contribution in [0.1, 0.15) is 5.69 Å². The van der Waals surface area contributed by atoms with Gasteiger partial charge in [-0.15, -0.1) is 0 Å². The molecule has 0 aliphatic rings. The second-order valence-electron chi connectivity index (χ2n) is 2.11. The van der Waals surface area contributed by atoms with Gasteiger partial charge in [-0.2, -0.15) is 0 Å². The van der Waals surface area contributed by atoms with E-state index >= 15 is 0 Å². The van der Waals surface area contributed by atoms with E-state index in [-0.39, 0.29) is 0 Å². The highest BCUT2D eigenvalue weighted by Gasteiger charge is 1.95. The molecule has 2 aromatic heterocycles. The molecule has 49 valence electrons. The minimum absolute atomic E-state index is 0.877. The molecule has 0 amide bonds. The van der Waals surface area contributed by atoms with Crippen LogP contribution < -0.4 is 0 Å². The van der Waals surface area contributed by atoms with Crippen LogP contribution in [0.5, 0.6) is 0 Å². The number of fused-ring (bicyclic) bond motifs is 1. The fourth-order valence-corrected chi connectivity index (χ4v) is 0.927. The highest BCUT2D eigenvalue weighted by atomic mass is 15.0. The van der Waals surface area contributed by atoms with E-state index in [9.17, 15) is 0 Å². The summed E-state index contributed by atoms with van der Waals surface area (Å²) in [5.74, 6) is 0. The molecule has 0 bridgehead atoms. The van der Waals surface area contributed by atoms with E-state index in [2.05, 4.69) is 16.2 Å². The van der Waals surface area contributed by atoms with E-state index < -0.39 is 0 Å². The second-order valence-corrected chi connectivity index (χ2v) is 2.11. The van der Waals surface area contributed by atoms with Gasteiger partial charge < -0.3 is 4.40 Å². The third-order valence-electron chi connectivity index (χ3n) is 1.43. The number of aryl methyl sites for hydroxylation is 1. The number of hydrogen-bond donors (Lipinski definition) is 0. The summed E-state index contributed by atoms with van der Waals surface area (Å²) in [5.41, 5.74) is 1.81. The van der Waals surface area contributed by atoms with Crippen molar-refractivity contribution < 1.29 is 0 Å². The van der Waals surface area contributed by atoms with Crippen LogP contribution in [0.2, 0.25) is 0 Å². The molecule has 0 unspecified atom stereocenters. The quantitative estimate of drug-likeness (QED) is 0.531. The molecule has 0 saturated heterocycles. The summed E-state index contributed by atoms with van der Waals surface area (Å²) in [5, 5.41) is 0. The second kappa shape index (κ2) is 1.80. The van der Waals surface area contributed by atoms with Gasteiger partial charge in [-0.3, -0.25) is 4.98 Å². The third kappa shape index (κ3) is 0.603. The molecule has 0 saturated carbocycles. The smallest absolute Gasteiger partial charge is 0.159 e. The Balaban J connectivity index is 2.95. The van der Waals surface area contributed by atoms with Crippen LogP contribution in [0.15, 0.2) is 18.6 Å². The largest absolute Gasteiger partial charge is 0.303 e. The molecule has 2 heterocycles. The molecule has 10 heavy (non-hydrogen) atoms. The summed E-state index contributed by atoms with van der Waals surface area (Å²) >= 11 is 0. The summed E-state index contributed by atoms with van der Waals surface area (Å²) in [4.78, 5) is 8.07. The lowest BCUT2D eigenvalue weighted by atomic mass is 10.5. The van der Waals surface area contributed by atoms with Crippen molar-refractivity contribution >= 4 is 5.65 Å². The Labute approximate surface area is 58.4 Å². The maximum atomic E-state index is 4.08. The van der Waals surface area contributed by atoms with Crippen molar-refractivity contribution in [1.82, 2.24) is 14.4 Å². The summed E-state index contributed by atoms with van der Waals surface area (Å²) < 4.78 is 1.89. The van der Waals surface area contributed by atoms with Crippen LogP contribution in [0.3, 0.4) is 0 Å². The highest BCUT2D eigenvalue weighted by Crippen LogP contribution is 2.01. The average Bonchev–Trinajstić information content (AvgIpc) is 2.36. The van der Waals surface area contributed by atoms with E-state index in [1.165, 1.54) is 0 Å². The zero-order valence-corrected chi connectivity index (χ0v) is 5.57. The topological polar surface area (TPSA) is 30.2 Å². The van der Waals surface area contributed by atoms with Crippen LogP contribution in [0, 0.1) is 13.1 Å². The summed E-state index contributed by atoms with van der Waals surface area (Å²) in [6.07, 6.45) is 8.13. The maximum absolute atomic E-state index is 4.08. The van der Waals surface area contributed by atoms with Crippen molar-refractivity contribution in [2.24, 2.45) is 0 Å². The summed E-state index contributed by atoms with van der Waals surface area (Å²) in [6.45, 7) is 1.93.